The number of aromatic nitrogens is 1. The summed E-state index contributed by atoms with van der Waals surface area (Å²) in [6.07, 6.45) is 0. The molecular weight excluding hydrogens is 629 g/mol. The largest absolute Gasteiger partial charge is 0.310 e. The zero-order valence-corrected chi connectivity index (χ0v) is 28.5. The fourth-order valence-electron chi connectivity index (χ4n) is 7.87. The fraction of sp³-hybridized carbons (Fsp3) is 0. The first kappa shape index (κ1) is 30.0. The maximum absolute atomic E-state index is 2.42. The Balaban J connectivity index is 1.16. The summed E-state index contributed by atoms with van der Waals surface area (Å²) in [5, 5.41) is 7.41. The van der Waals surface area contributed by atoms with E-state index in [2.05, 4.69) is 216 Å². The van der Waals surface area contributed by atoms with Crippen LogP contribution in [0.4, 0.5) is 17.1 Å². The second kappa shape index (κ2) is 12.5. The summed E-state index contributed by atoms with van der Waals surface area (Å²) >= 11 is 0. The van der Waals surface area contributed by atoms with E-state index in [1.54, 1.807) is 0 Å². The molecule has 0 aliphatic carbocycles. The van der Waals surface area contributed by atoms with Crippen molar-refractivity contribution in [1.29, 1.82) is 0 Å². The van der Waals surface area contributed by atoms with E-state index < -0.39 is 0 Å². The Morgan fingerprint density at radius 2 is 0.865 bits per heavy atom. The first-order chi connectivity index (χ1) is 25.8. The number of benzene rings is 9. The topological polar surface area (TPSA) is 8.17 Å². The average Bonchev–Trinajstić information content (AvgIpc) is 3.56. The van der Waals surface area contributed by atoms with Crippen molar-refractivity contribution in [2.75, 3.05) is 4.90 Å². The number of hydrogen-bond acceptors (Lipinski definition) is 1. The van der Waals surface area contributed by atoms with Gasteiger partial charge in [0.05, 0.1) is 11.0 Å². The summed E-state index contributed by atoms with van der Waals surface area (Å²) in [5.74, 6) is 0. The van der Waals surface area contributed by atoms with Gasteiger partial charge in [-0.2, -0.15) is 0 Å². The number of anilines is 3. The van der Waals surface area contributed by atoms with Crippen molar-refractivity contribution in [2.45, 2.75) is 0 Å². The van der Waals surface area contributed by atoms with Gasteiger partial charge in [0, 0.05) is 33.5 Å². The molecule has 2 nitrogen and oxygen atoms in total. The molecule has 10 rings (SSSR count). The molecule has 0 spiro atoms. The van der Waals surface area contributed by atoms with Crippen molar-refractivity contribution in [2.24, 2.45) is 0 Å². The number of hydrogen-bond donors (Lipinski definition) is 0. The minimum absolute atomic E-state index is 1.10. The summed E-state index contributed by atoms with van der Waals surface area (Å²) in [6, 6.07) is 74.8. The van der Waals surface area contributed by atoms with E-state index in [9.17, 15) is 0 Å². The molecular formula is C50H34N2. The van der Waals surface area contributed by atoms with Crippen LogP contribution in [-0.2, 0) is 0 Å². The molecule has 9 aromatic carbocycles. The highest BCUT2D eigenvalue weighted by molar-refractivity contribution is 6.10. The second-order valence-corrected chi connectivity index (χ2v) is 13.4. The molecule has 0 aliphatic heterocycles. The molecule has 0 fully saturated rings. The van der Waals surface area contributed by atoms with Crippen LogP contribution in [0, 0.1) is 0 Å². The second-order valence-electron chi connectivity index (χ2n) is 13.4. The molecule has 0 radical (unpaired) electrons. The lowest BCUT2D eigenvalue weighted by molar-refractivity contribution is 1.19. The van der Waals surface area contributed by atoms with Crippen LogP contribution in [0.3, 0.4) is 0 Å². The van der Waals surface area contributed by atoms with Crippen LogP contribution >= 0.6 is 0 Å². The maximum atomic E-state index is 2.42. The average molecular weight is 663 g/mol. The van der Waals surface area contributed by atoms with Crippen LogP contribution in [0.2, 0.25) is 0 Å². The monoisotopic (exact) mass is 662 g/mol. The van der Waals surface area contributed by atoms with Gasteiger partial charge in [-0.15, -0.1) is 0 Å². The smallest absolute Gasteiger partial charge is 0.0541 e. The number of para-hydroxylation sites is 2. The van der Waals surface area contributed by atoms with Gasteiger partial charge >= 0.3 is 0 Å². The van der Waals surface area contributed by atoms with Crippen molar-refractivity contribution in [3.8, 4) is 27.9 Å². The molecule has 244 valence electrons. The quantitative estimate of drug-likeness (QED) is 0.172. The van der Waals surface area contributed by atoms with Gasteiger partial charge in [0.1, 0.15) is 0 Å². The lowest BCUT2D eigenvalue weighted by Crippen LogP contribution is -2.10. The van der Waals surface area contributed by atoms with E-state index in [1.807, 2.05) is 0 Å². The van der Waals surface area contributed by atoms with Gasteiger partial charge in [0.2, 0.25) is 0 Å². The Bertz CT molecular complexity index is 2850. The van der Waals surface area contributed by atoms with E-state index in [0.717, 1.165) is 22.7 Å². The summed E-state index contributed by atoms with van der Waals surface area (Å²) in [5.41, 5.74) is 11.7. The molecule has 2 heteroatoms. The van der Waals surface area contributed by atoms with Gasteiger partial charge in [0.25, 0.3) is 0 Å². The zero-order valence-electron chi connectivity index (χ0n) is 28.5. The van der Waals surface area contributed by atoms with E-state index in [-0.39, 0.29) is 0 Å². The Morgan fingerprint density at radius 3 is 1.62 bits per heavy atom. The third-order valence-corrected chi connectivity index (χ3v) is 10.3. The minimum atomic E-state index is 1.10. The predicted molar refractivity (Wildman–Crippen MR) is 221 cm³/mol. The van der Waals surface area contributed by atoms with Crippen LogP contribution in [-0.4, -0.2) is 4.57 Å². The van der Waals surface area contributed by atoms with E-state index >= 15 is 0 Å². The summed E-state index contributed by atoms with van der Waals surface area (Å²) in [4.78, 5) is 2.38. The standard InChI is InChI=1S/C50H34N2/c1-2-13-35(14-3-1)37-25-28-41(29-26-37)51(43-30-27-36-15-4-5-16-38(36)31-43)42-19-12-18-40(32-42)48-34-44(33-39-17-6-7-20-45(39)48)52-49-23-10-8-21-46(49)47-22-9-11-24-50(47)52/h1-34H. The molecule has 0 saturated heterocycles. The summed E-state index contributed by atoms with van der Waals surface area (Å²) in [6.45, 7) is 0. The third-order valence-electron chi connectivity index (χ3n) is 10.3. The molecule has 0 N–H and O–H groups in total. The van der Waals surface area contributed by atoms with Crippen LogP contribution in [0.25, 0.3) is 71.3 Å². The first-order valence-electron chi connectivity index (χ1n) is 17.8. The maximum Gasteiger partial charge on any atom is 0.0541 e. The van der Waals surface area contributed by atoms with Crippen molar-refractivity contribution in [3.05, 3.63) is 206 Å². The Morgan fingerprint density at radius 1 is 0.308 bits per heavy atom. The molecule has 0 saturated carbocycles. The van der Waals surface area contributed by atoms with E-state index in [0.29, 0.717) is 0 Å². The lowest BCUT2D eigenvalue weighted by atomic mass is 9.96. The highest BCUT2D eigenvalue weighted by atomic mass is 15.1. The Kier molecular flexibility index (Phi) is 7.18. The fourth-order valence-corrected chi connectivity index (χ4v) is 7.87. The Hall–Kier alpha value is -6.90. The van der Waals surface area contributed by atoms with Crippen molar-refractivity contribution in [1.82, 2.24) is 4.57 Å². The predicted octanol–water partition coefficient (Wildman–Crippen LogP) is 13.9. The highest BCUT2D eigenvalue weighted by Crippen LogP contribution is 2.41. The third kappa shape index (κ3) is 5.12. The summed E-state index contributed by atoms with van der Waals surface area (Å²) in [7, 11) is 0. The van der Waals surface area contributed by atoms with Crippen LogP contribution < -0.4 is 4.90 Å². The normalized spacial score (nSPS) is 11.5. The zero-order chi connectivity index (χ0) is 34.4. The SMILES string of the molecule is c1ccc(-c2ccc(N(c3cccc(-c4cc(-n5c6ccccc6c6ccccc65)cc5ccccc45)c3)c3ccc4ccccc4c3)cc2)cc1. The molecule has 0 aliphatic rings. The van der Waals surface area contributed by atoms with Gasteiger partial charge < -0.3 is 9.47 Å². The van der Waals surface area contributed by atoms with Crippen molar-refractivity contribution < 1.29 is 0 Å². The Labute approximate surface area is 303 Å². The summed E-state index contributed by atoms with van der Waals surface area (Å²) < 4.78 is 2.42. The van der Waals surface area contributed by atoms with Crippen LogP contribution in [0.5, 0.6) is 0 Å². The van der Waals surface area contributed by atoms with Crippen molar-refractivity contribution in [3.63, 3.8) is 0 Å². The van der Waals surface area contributed by atoms with Crippen LogP contribution in [0.15, 0.2) is 206 Å². The number of fused-ring (bicyclic) bond motifs is 5. The first-order valence-corrected chi connectivity index (χ1v) is 17.8. The van der Waals surface area contributed by atoms with E-state index in [4.69, 9.17) is 0 Å². The van der Waals surface area contributed by atoms with Gasteiger partial charge in [0.15, 0.2) is 0 Å². The molecule has 1 heterocycles. The molecule has 1 aromatic heterocycles. The van der Waals surface area contributed by atoms with Crippen molar-refractivity contribution >= 4 is 60.4 Å². The number of nitrogens with zero attached hydrogens (tertiary/aromatic N) is 2. The minimum Gasteiger partial charge on any atom is -0.310 e. The molecule has 10 aromatic rings. The number of rotatable bonds is 6. The van der Waals surface area contributed by atoms with Gasteiger partial charge in [-0.05, 0) is 104 Å². The highest BCUT2D eigenvalue weighted by Gasteiger charge is 2.17. The lowest BCUT2D eigenvalue weighted by Gasteiger charge is -2.27. The molecule has 0 bridgehead atoms. The molecule has 52 heavy (non-hydrogen) atoms. The molecule has 0 atom stereocenters. The van der Waals surface area contributed by atoms with Crippen LogP contribution in [0.1, 0.15) is 0 Å². The van der Waals surface area contributed by atoms with Gasteiger partial charge in [-0.25, -0.2) is 0 Å². The molecule has 0 unspecified atom stereocenters. The van der Waals surface area contributed by atoms with E-state index in [1.165, 1.54) is 65.6 Å². The molecule has 0 amide bonds. The van der Waals surface area contributed by atoms with Gasteiger partial charge in [-0.3, -0.25) is 0 Å². The van der Waals surface area contributed by atoms with Gasteiger partial charge in [-0.1, -0.05) is 146 Å².